The number of aryl methyl sites for hydroxylation is 1. The van der Waals surface area contributed by atoms with Crippen LogP contribution in [-0.4, -0.2) is 12.2 Å². The molecule has 0 bridgehead atoms. The molecule has 0 aliphatic heterocycles. The number of amides is 1. The molecule has 13 heavy (non-hydrogen) atoms. The Balaban J connectivity index is 2.89. The number of benzene rings is 1. The van der Waals surface area contributed by atoms with Crippen LogP contribution in [0.4, 0.5) is 5.69 Å². The second-order valence-electron chi connectivity index (χ2n) is 2.59. The molecule has 0 aliphatic rings. The third-order valence-corrected chi connectivity index (χ3v) is 2.15. The molecule has 68 valence electrons. The summed E-state index contributed by atoms with van der Waals surface area (Å²) in [5.74, 6) is -0.649. The highest BCUT2D eigenvalue weighted by Crippen LogP contribution is 2.22. The van der Waals surface area contributed by atoms with Crippen LogP contribution in [0.1, 0.15) is 5.56 Å². The van der Waals surface area contributed by atoms with Gasteiger partial charge in [-0.3, -0.25) is 9.59 Å². The number of halogens is 1. The fraction of sp³-hybridized carbons (Fsp3) is 0.111. The Morgan fingerprint density at radius 3 is 2.77 bits per heavy atom. The molecule has 0 aliphatic carbocycles. The van der Waals surface area contributed by atoms with Gasteiger partial charge in [-0.05, 0) is 40.5 Å². The first-order chi connectivity index (χ1) is 6.13. The predicted molar refractivity (Wildman–Crippen MR) is 53.6 cm³/mol. The molecule has 1 amide bonds. The van der Waals surface area contributed by atoms with Crippen molar-refractivity contribution in [3.8, 4) is 0 Å². The Hall–Kier alpha value is -1.16. The maximum absolute atomic E-state index is 10.7. The fourth-order valence-electron chi connectivity index (χ4n) is 0.884. The number of hydrogen-bond donors (Lipinski definition) is 1. The van der Waals surface area contributed by atoms with Crippen molar-refractivity contribution in [2.24, 2.45) is 0 Å². The summed E-state index contributed by atoms with van der Waals surface area (Å²) in [5, 5.41) is 2.43. The quantitative estimate of drug-likeness (QED) is 0.635. The molecule has 0 fully saturated rings. The lowest BCUT2D eigenvalue weighted by molar-refractivity contribution is -0.127. The van der Waals surface area contributed by atoms with Crippen LogP contribution in [0.25, 0.3) is 0 Å². The van der Waals surface area contributed by atoms with Gasteiger partial charge in [0, 0.05) is 4.47 Å². The van der Waals surface area contributed by atoms with Crippen LogP contribution in [0.5, 0.6) is 0 Å². The maximum Gasteiger partial charge on any atom is 0.288 e. The average molecular weight is 242 g/mol. The molecule has 0 heterocycles. The number of anilines is 1. The zero-order valence-electron chi connectivity index (χ0n) is 7.00. The smallest absolute Gasteiger partial charge is 0.288 e. The molecule has 0 aromatic heterocycles. The van der Waals surface area contributed by atoms with Crippen molar-refractivity contribution < 1.29 is 9.59 Å². The average Bonchev–Trinajstić information content (AvgIpc) is 2.09. The molecule has 0 radical (unpaired) electrons. The predicted octanol–water partition coefficient (Wildman–Crippen LogP) is 1.89. The van der Waals surface area contributed by atoms with Crippen molar-refractivity contribution in [2.75, 3.05) is 5.32 Å². The van der Waals surface area contributed by atoms with Crippen molar-refractivity contribution >= 4 is 33.8 Å². The van der Waals surface area contributed by atoms with E-state index in [1.807, 2.05) is 19.1 Å². The SMILES string of the molecule is Cc1ccc(NC(=O)C=O)c(Br)c1. The van der Waals surface area contributed by atoms with E-state index in [2.05, 4.69) is 21.2 Å². The summed E-state index contributed by atoms with van der Waals surface area (Å²) < 4.78 is 0.766. The fourth-order valence-corrected chi connectivity index (χ4v) is 1.48. The minimum absolute atomic E-state index is 0.242. The first kappa shape index (κ1) is 9.92. The van der Waals surface area contributed by atoms with Gasteiger partial charge >= 0.3 is 0 Å². The van der Waals surface area contributed by atoms with E-state index in [0.29, 0.717) is 5.69 Å². The lowest BCUT2D eigenvalue weighted by Crippen LogP contribution is -2.12. The monoisotopic (exact) mass is 241 g/mol. The first-order valence-electron chi connectivity index (χ1n) is 3.66. The molecule has 4 heteroatoms. The van der Waals surface area contributed by atoms with E-state index >= 15 is 0 Å². The number of aldehydes is 1. The molecular formula is C9H8BrNO2. The van der Waals surface area contributed by atoms with Crippen LogP contribution in [0, 0.1) is 6.92 Å². The van der Waals surface area contributed by atoms with Gasteiger partial charge in [0.1, 0.15) is 0 Å². The Bertz CT molecular complexity index is 349. The van der Waals surface area contributed by atoms with Crippen molar-refractivity contribution in [1.82, 2.24) is 0 Å². The number of rotatable bonds is 2. The van der Waals surface area contributed by atoms with Gasteiger partial charge in [-0.25, -0.2) is 0 Å². The molecule has 0 saturated carbocycles. The van der Waals surface area contributed by atoms with Crippen LogP contribution in [-0.2, 0) is 9.59 Å². The second kappa shape index (κ2) is 4.18. The summed E-state index contributed by atoms with van der Waals surface area (Å²) in [5.41, 5.74) is 1.68. The van der Waals surface area contributed by atoms with Gasteiger partial charge in [0.15, 0.2) is 0 Å². The van der Waals surface area contributed by atoms with E-state index in [1.54, 1.807) is 6.07 Å². The Kier molecular flexibility index (Phi) is 3.19. The van der Waals surface area contributed by atoms with Gasteiger partial charge in [-0.15, -0.1) is 0 Å². The van der Waals surface area contributed by atoms with Crippen LogP contribution >= 0.6 is 15.9 Å². The minimum Gasteiger partial charge on any atom is -0.319 e. The Morgan fingerprint density at radius 2 is 2.23 bits per heavy atom. The van der Waals surface area contributed by atoms with Gasteiger partial charge in [0.05, 0.1) is 5.69 Å². The van der Waals surface area contributed by atoms with Gasteiger partial charge in [0.25, 0.3) is 5.91 Å². The van der Waals surface area contributed by atoms with E-state index in [4.69, 9.17) is 0 Å². The topological polar surface area (TPSA) is 46.2 Å². The zero-order valence-corrected chi connectivity index (χ0v) is 8.59. The third kappa shape index (κ3) is 2.66. The van der Waals surface area contributed by atoms with Crippen molar-refractivity contribution in [1.29, 1.82) is 0 Å². The molecule has 1 N–H and O–H groups in total. The highest BCUT2D eigenvalue weighted by molar-refractivity contribution is 9.10. The molecule has 0 atom stereocenters. The maximum atomic E-state index is 10.7. The summed E-state index contributed by atoms with van der Waals surface area (Å²) in [7, 11) is 0. The summed E-state index contributed by atoms with van der Waals surface area (Å²) in [6.07, 6.45) is 0.242. The van der Waals surface area contributed by atoms with Crippen LogP contribution in [0.2, 0.25) is 0 Å². The molecule has 0 unspecified atom stereocenters. The van der Waals surface area contributed by atoms with Crippen LogP contribution in [0.15, 0.2) is 22.7 Å². The highest BCUT2D eigenvalue weighted by Gasteiger charge is 2.03. The van der Waals surface area contributed by atoms with E-state index in [0.717, 1.165) is 10.0 Å². The molecule has 1 aromatic carbocycles. The third-order valence-electron chi connectivity index (χ3n) is 1.49. The van der Waals surface area contributed by atoms with E-state index in [-0.39, 0.29) is 6.29 Å². The molecule has 0 saturated heterocycles. The lowest BCUT2D eigenvalue weighted by Gasteiger charge is -2.04. The second-order valence-corrected chi connectivity index (χ2v) is 3.44. The normalized spacial score (nSPS) is 9.38. The van der Waals surface area contributed by atoms with E-state index in [1.165, 1.54) is 0 Å². The van der Waals surface area contributed by atoms with Gasteiger partial charge in [-0.1, -0.05) is 6.07 Å². The summed E-state index contributed by atoms with van der Waals surface area (Å²) in [6, 6.07) is 5.45. The van der Waals surface area contributed by atoms with Gasteiger partial charge in [-0.2, -0.15) is 0 Å². The van der Waals surface area contributed by atoms with Gasteiger partial charge in [0.2, 0.25) is 6.29 Å². The molecule has 3 nitrogen and oxygen atoms in total. The van der Waals surface area contributed by atoms with Crippen molar-refractivity contribution in [3.05, 3.63) is 28.2 Å². The molecule has 1 rings (SSSR count). The number of nitrogens with one attached hydrogen (secondary N) is 1. The first-order valence-corrected chi connectivity index (χ1v) is 4.45. The van der Waals surface area contributed by atoms with Crippen LogP contribution < -0.4 is 5.32 Å². The van der Waals surface area contributed by atoms with Crippen LogP contribution in [0.3, 0.4) is 0 Å². The summed E-state index contributed by atoms with van der Waals surface area (Å²) in [6.45, 7) is 1.94. The standard InChI is InChI=1S/C9H8BrNO2/c1-6-2-3-8(7(10)4-6)11-9(13)5-12/h2-5H,1H3,(H,11,13). The summed E-state index contributed by atoms with van der Waals surface area (Å²) in [4.78, 5) is 20.8. The van der Waals surface area contributed by atoms with Crippen molar-refractivity contribution in [2.45, 2.75) is 6.92 Å². The Morgan fingerprint density at radius 1 is 1.54 bits per heavy atom. The number of carbonyl (C=O) groups is 2. The number of hydrogen-bond acceptors (Lipinski definition) is 2. The van der Waals surface area contributed by atoms with E-state index in [9.17, 15) is 9.59 Å². The summed E-state index contributed by atoms with van der Waals surface area (Å²) >= 11 is 3.27. The molecule has 0 spiro atoms. The van der Waals surface area contributed by atoms with Crippen molar-refractivity contribution in [3.63, 3.8) is 0 Å². The lowest BCUT2D eigenvalue weighted by atomic mass is 10.2. The molecular weight excluding hydrogens is 234 g/mol. The largest absolute Gasteiger partial charge is 0.319 e. The Labute approximate surface area is 84.3 Å². The highest BCUT2D eigenvalue weighted by atomic mass is 79.9. The van der Waals surface area contributed by atoms with Gasteiger partial charge < -0.3 is 5.32 Å². The van der Waals surface area contributed by atoms with E-state index < -0.39 is 5.91 Å². The number of carbonyl (C=O) groups excluding carboxylic acids is 2. The molecule has 1 aromatic rings. The minimum atomic E-state index is -0.649. The zero-order chi connectivity index (χ0) is 9.84.